The number of fused-ring (bicyclic) bond motifs is 1. The van der Waals surface area contributed by atoms with E-state index in [0.29, 0.717) is 12.4 Å². The molecule has 1 nitrogen and oxygen atoms in total. The van der Waals surface area contributed by atoms with Crippen LogP contribution < -0.4 is 4.74 Å². The zero-order valence-corrected chi connectivity index (χ0v) is 11.5. The Labute approximate surface area is 119 Å². The molecule has 4 heteroatoms. The molecule has 0 N–H and O–H groups in total. The van der Waals surface area contributed by atoms with Crippen molar-refractivity contribution >= 4 is 33.0 Å². The van der Waals surface area contributed by atoms with Gasteiger partial charge in [0.05, 0.1) is 0 Å². The van der Waals surface area contributed by atoms with E-state index in [2.05, 4.69) is 0 Å². The molecule has 0 amide bonds. The Morgan fingerprint density at radius 2 is 1.89 bits per heavy atom. The molecule has 0 spiro atoms. The maximum absolute atomic E-state index is 12.8. The van der Waals surface area contributed by atoms with Crippen molar-refractivity contribution in [3.8, 4) is 5.75 Å². The summed E-state index contributed by atoms with van der Waals surface area (Å²) in [4.78, 5) is 0. The third-order valence-corrected chi connectivity index (χ3v) is 4.14. The van der Waals surface area contributed by atoms with Gasteiger partial charge < -0.3 is 4.74 Å². The monoisotopic (exact) mass is 292 g/mol. The predicted molar refractivity (Wildman–Crippen MR) is 77.6 cm³/mol. The van der Waals surface area contributed by atoms with Crippen molar-refractivity contribution in [2.24, 2.45) is 0 Å². The van der Waals surface area contributed by atoms with E-state index in [1.165, 1.54) is 12.1 Å². The summed E-state index contributed by atoms with van der Waals surface area (Å²) in [5.41, 5.74) is 1.05. The third kappa shape index (κ3) is 2.57. The lowest BCUT2D eigenvalue weighted by atomic mass is 10.2. The van der Waals surface area contributed by atoms with Crippen molar-refractivity contribution in [2.75, 3.05) is 0 Å². The summed E-state index contributed by atoms with van der Waals surface area (Å²) in [6.07, 6.45) is 0. The lowest BCUT2D eigenvalue weighted by Crippen LogP contribution is -1.94. The van der Waals surface area contributed by atoms with Crippen LogP contribution in [0.2, 0.25) is 5.02 Å². The van der Waals surface area contributed by atoms with Crippen LogP contribution in [0.5, 0.6) is 5.75 Å². The van der Waals surface area contributed by atoms with Gasteiger partial charge in [-0.1, -0.05) is 17.7 Å². The zero-order chi connectivity index (χ0) is 13.2. The summed E-state index contributed by atoms with van der Waals surface area (Å²) in [6.45, 7) is 0.426. The first-order valence-corrected chi connectivity index (χ1v) is 7.03. The normalized spacial score (nSPS) is 10.8. The van der Waals surface area contributed by atoms with Gasteiger partial charge in [-0.05, 0) is 41.8 Å². The average molecular weight is 293 g/mol. The Balaban J connectivity index is 1.84. The van der Waals surface area contributed by atoms with Crippen LogP contribution in [0.15, 0.2) is 47.8 Å². The van der Waals surface area contributed by atoms with Crippen molar-refractivity contribution in [3.63, 3.8) is 0 Å². The molecule has 3 aromatic rings. The molecular formula is C15H10ClFOS. The highest BCUT2D eigenvalue weighted by Gasteiger charge is 2.08. The van der Waals surface area contributed by atoms with E-state index in [-0.39, 0.29) is 5.82 Å². The minimum absolute atomic E-state index is 0.267. The lowest BCUT2D eigenvalue weighted by molar-refractivity contribution is 0.307. The number of halogens is 2. The zero-order valence-electron chi connectivity index (χ0n) is 9.90. The second kappa shape index (κ2) is 5.19. The first-order chi connectivity index (χ1) is 9.24. The van der Waals surface area contributed by atoms with Gasteiger partial charge >= 0.3 is 0 Å². The van der Waals surface area contributed by atoms with E-state index in [1.54, 1.807) is 23.5 Å². The fourth-order valence-corrected chi connectivity index (χ4v) is 3.23. The summed E-state index contributed by atoms with van der Waals surface area (Å²) < 4.78 is 19.6. The molecule has 0 radical (unpaired) electrons. The molecule has 0 aliphatic carbocycles. The molecule has 0 bridgehead atoms. The molecule has 19 heavy (non-hydrogen) atoms. The molecule has 0 fully saturated rings. The van der Waals surface area contributed by atoms with Crippen molar-refractivity contribution in [1.29, 1.82) is 0 Å². The number of rotatable bonds is 3. The SMILES string of the molecule is Fc1ccc(OCc2csc3cccc(Cl)c23)cc1. The number of benzene rings is 2. The van der Waals surface area contributed by atoms with Crippen molar-refractivity contribution in [1.82, 2.24) is 0 Å². The standard InChI is InChI=1S/C15H10ClFOS/c16-13-2-1-3-14-15(13)10(9-19-14)8-18-12-6-4-11(17)5-7-12/h1-7,9H,8H2. The van der Waals surface area contributed by atoms with Crippen molar-refractivity contribution in [2.45, 2.75) is 6.61 Å². The Bertz CT molecular complexity index is 706. The lowest BCUT2D eigenvalue weighted by Gasteiger charge is -2.06. The highest BCUT2D eigenvalue weighted by atomic mass is 35.5. The van der Waals surface area contributed by atoms with Gasteiger partial charge in [0.15, 0.2) is 0 Å². The minimum atomic E-state index is -0.267. The van der Waals surface area contributed by atoms with E-state index in [1.807, 2.05) is 23.6 Å². The van der Waals surface area contributed by atoms with Crippen molar-refractivity contribution in [3.05, 3.63) is 64.2 Å². The number of hydrogen-bond donors (Lipinski definition) is 0. The molecular weight excluding hydrogens is 283 g/mol. The molecule has 0 unspecified atom stereocenters. The van der Waals surface area contributed by atoms with Crippen molar-refractivity contribution < 1.29 is 9.13 Å². The molecule has 96 valence electrons. The van der Waals surface area contributed by atoms with E-state index in [0.717, 1.165) is 20.7 Å². The van der Waals surface area contributed by atoms with E-state index in [4.69, 9.17) is 16.3 Å². The molecule has 1 heterocycles. The fraction of sp³-hybridized carbons (Fsp3) is 0.0667. The maximum Gasteiger partial charge on any atom is 0.123 e. The quantitative estimate of drug-likeness (QED) is 0.639. The van der Waals surface area contributed by atoms with E-state index >= 15 is 0 Å². The van der Waals surface area contributed by atoms with Crippen LogP contribution >= 0.6 is 22.9 Å². The number of hydrogen-bond acceptors (Lipinski definition) is 2. The van der Waals surface area contributed by atoms with Crippen LogP contribution in [0.1, 0.15) is 5.56 Å². The topological polar surface area (TPSA) is 9.23 Å². The molecule has 0 atom stereocenters. The number of ether oxygens (including phenoxy) is 1. The highest BCUT2D eigenvalue weighted by Crippen LogP contribution is 2.32. The summed E-state index contributed by atoms with van der Waals surface area (Å²) in [7, 11) is 0. The second-order valence-corrected chi connectivity index (χ2v) is 5.43. The van der Waals surface area contributed by atoms with Gasteiger partial charge in [-0.2, -0.15) is 0 Å². The van der Waals surface area contributed by atoms with Crippen LogP contribution in [-0.4, -0.2) is 0 Å². The van der Waals surface area contributed by atoms with Crippen LogP contribution in [0, 0.1) is 5.82 Å². The van der Waals surface area contributed by atoms with Gasteiger partial charge in [0.2, 0.25) is 0 Å². The Morgan fingerprint density at radius 1 is 1.11 bits per heavy atom. The molecule has 0 saturated carbocycles. The second-order valence-electron chi connectivity index (χ2n) is 4.12. The Morgan fingerprint density at radius 3 is 2.68 bits per heavy atom. The van der Waals surface area contributed by atoms with Crippen LogP contribution in [0.3, 0.4) is 0 Å². The van der Waals surface area contributed by atoms with Crippen LogP contribution in [-0.2, 0) is 6.61 Å². The first-order valence-electron chi connectivity index (χ1n) is 5.77. The summed E-state index contributed by atoms with van der Waals surface area (Å²) in [5, 5.41) is 3.81. The first kappa shape index (κ1) is 12.5. The van der Waals surface area contributed by atoms with Crippen LogP contribution in [0.25, 0.3) is 10.1 Å². The van der Waals surface area contributed by atoms with Gasteiger partial charge in [0.25, 0.3) is 0 Å². The van der Waals surface area contributed by atoms with Gasteiger partial charge in [-0.25, -0.2) is 4.39 Å². The Hall–Kier alpha value is -1.58. The minimum Gasteiger partial charge on any atom is -0.489 e. The molecule has 0 aliphatic heterocycles. The van der Waals surface area contributed by atoms with Gasteiger partial charge in [-0.3, -0.25) is 0 Å². The summed E-state index contributed by atoms with van der Waals surface area (Å²) >= 11 is 7.85. The highest BCUT2D eigenvalue weighted by molar-refractivity contribution is 7.17. The summed E-state index contributed by atoms with van der Waals surface area (Å²) in [5.74, 6) is 0.379. The van der Waals surface area contributed by atoms with E-state index in [9.17, 15) is 4.39 Å². The van der Waals surface area contributed by atoms with Gasteiger partial charge in [0, 0.05) is 20.7 Å². The smallest absolute Gasteiger partial charge is 0.123 e. The number of thiophene rings is 1. The van der Waals surface area contributed by atoms with E-state index < -0.39 is 0 Å². The molecule has 0 aliphatic rings. The largest absolute Gasteiger partial charge is 0.489 e. The third-order valence-electron chi connectivity index (χ3n) is 2.83. The van der Waals surface area contributed by atoms with Crippen LogP contribution in [0.4, 0.5) is 4.39 Å². The Kier molecular flexibility index (Phi) is 3.40. The average Bonchev–Trinajstić information content (AvgIpc) is 2.83. The molecule has 0 saturated heterocycles. The summed E-state index contributed by atoms with van der Waals surface area (Å²) in [6, 6.07) is 11.8. The molecule has 1 aromatic heterocycles. The fourth-order valence-electron chi connectivity index (χ4n) is 1.91. The van der Waals surface area contributed by atoms with Gasteiger partial charge in [-0.15, -0.1) is 11.3 Å². The van der Waals surface area contributed by atoms with Gasteiger partial charge in [0.1, 0.15) is 18.2 Å². The predicted octanol–water partition coefficient (Wildman–Crippen LogP) is 5.27. The molecule has 2 aromatic carbocycles. The molecule has 3 rings (SSSR count). The maximum atomic E-state index is 12.8.